The first kappa shape index (κ1) is 15.5. The number of anilines is 1. The Bertz CT molecular complexity index is 871. The van der Waals surface area contributed by atoms with Gasteiger partial charge in [0.05, 0.1) is 10.2 Å². The van der Waals surface area contributed by atoms with Gasteiger partial charge in [0, 0.05) is 0 Å². The highest BCUT2D eigenvalue weighted by atomic mass is 32.1. The Morgan fingerprint density at radius 3 is 2.87 bits per heavy atom. The van der Waals surface area contributed by atoms with Gasteiger partial charge in [0.15, 0.2) is 11.7 Å². The number of fused-ring (bicyclic) bond motifs is 1. The number of amides is 1. The Morgan fingerprint density at radius 2 is 2.04 bits per heavy atom. The fourth-order valence-corrected chi connectivity index (χ4v) is 3.24. The summed E-state index contributed by atoms with van der Waals surface area (Å²) in [5.41, 5.74) is 4.27. The van der Waals surface area contributed by atoms with Crippen molar-refractivity contribution in [3.05, 3.63) is 53.1 Å². The van der Waals surface area contributed by atoms with Crippen molar-refractivity contribution in [1.82, 2.24) is 4.98 Å². The predicted octanol–water partition coefficient (Wildman–Crippen LogP) is 4.24. The van der Waals surface area contributed by atoms with Crippen LogP contribution in [0, 0.1) is 20.8 Å². The van der Waals surface area contributed by atoms with Gasteiger partial charge in [0.2, 0.25) is 0 Å². The first-order valence-electron chi connectivity index (χ1n) is 7.39. The molecule has 0 spiro atoms. The van der Waals surface area contributed by atoms with Crippen molar-refractivity contribution in [3.63, 3.8) is 0 Å². The van der Waals surface area contributed by atoms with Gasteiger partial charge in [-0.2, -0.15) is 0 Å². The third-order valence-electron chi connectivity index (χ3n) is 3.70. The number of hydrogen-bond acceptors (Lipinski definition) is 4. The van der Waals surface area contributed by atoms with Gasteiger partial charge < -0.3 is 4.74 Å². The van der Waals surface area contributed by atoms with E-state index in [1.54, 1.807) is 0 Å². The van der Waals surface area contributed by atoms with Gasteiger partial charge in [-0.25, -0.2) is 4.98 Å². The lowest BCUT2D eigenvalue weighted by Crippen LogP contribution is -2.20. The molecule has 2 aromatic carbocycles. The van der Waals surface area contributed by atoms with Gasteiger partial charge in [-0.1, -0.05) is 29.5 Å². The van der Waals surface area contributed by atoms with Gasteiger partial charge in [0.25, 0.3) is 5.91 Å². The van der Waals surface area contributed by atoms with Crippen LogP contribution in [-0.2, 0) is 4.79 Å². The van der Waals surface area contributed by atoms with E-state index < -0.39 is 0 Å². The first-order chi connectivity index (χ1) is 11.0. The first-order valence-corrected chi connectivity index (χ1v) is 8.20. The molecule has 118 valence electrons. The Kier molecular flexibility index (Phi) is 4.30. The third-order valence-corrected chi connectivity index (χ3v) is 4.64. The summed E-state index contributed by atoms with van der Waals surface area (Å²) < 4.78 is 6.68. The summed E-state index contributed by atoms with van der Waals surface area (Å²) in [5.74, 6) is 0.529. The number of carbonyl (C=O) groups is 1. The SMILES string of the molecule is Cc1ccc2nc(NC(=O)COc3cccc(C)c3C)sc2c1. The van der Waals surface area contributed by atoms with Crippen molar-refractivity contribution in [2.75, 3.05) is 11.9 Å². The molecule has 1 N–H and O–H groups in total. The number of carbonyl (C=O) groups excluding carboxylic acids is 1. The van der Waals surface area contributed by atoms with Crippen LogP contribution >= 0.6 is 11.3 Å². The molecule has 0 aliphatic carbocycles. The Hall–Kier alpha value is -2.40. The van der Waals surface area contributed by atoms with E-state index >= 15 is 0 Å². The zero-order valence-corrected chi connectivity index (χ0v) is 14.2. The molecule has 0 atom stereocenters. The lowest BCUT2D eigenvalue weighted by molar-refractivity contribution is -0.118. The molecule has 0 radical (unpaired) electrons. The zero-order chi connectivity index (χ0) is 16.4. The molecule has 4 nitrogen and oxygen atoms in total. The number of nitrogens with zero attached hydrogens (tertiary/aromatic N) is 1. The van der Waals surface area contributed by atoms with Crippen LogP contribution < -0.4 is 10.1 Å². The minimum Gasteiger partial charge on any atom is -0.483 e. The largest absolute Gasteiger partial charge is 0.483 e. The number of rotatable bonds is 4. The molecule has 3 aromatic rings. The molecular formula is C18H18N2O2S. The second-order valence-corrected chi connectivity index (χ2v) is 6.56. The van der Waals surface area contributed by atoms with Crippen LogP contribution in [0.25, 0.3) is 10.2 Å². The predicted molar refractivity (Wildman–Crippen MR) is 94.4 cm³/mol. The van der Waals surface area contributed by atoms with Gasteiger partial charge in [0.1, 0.15) is 5.75 Å². The number of nitrogens with one attached hydrogen (secondary N) is 1. The Balaban J connectivity index is 1.65. The quantitative estimate of drug-likeness (QED) is 0.780. The molecule has 23 heavy (non-hydrogen) atoms. The summed E-state index contributed by atoms with van der Waals surface area (Å²) in [6.45, 7) is 6.01. The standard InChI is InChI=1S/C18H18N2O2S/c1-11-7-8-14-16(9-11)23-18(19-14)20-17(21)10-22-15-6-4-5-12(2)13(15)3/h4-9H,10H2,1-3H3,(H,19,20,21). The van der Waals surface area contributed by atoms with Crippen molar-refractivity contribution in [2.24, 2.45) is 0 Å². The van der Waals surface area contributed by atoms with Crippen molar-refractivity contribution >= 4 is 32.6 Å². The van der Waals surface area contributed by atoms with Crippen LogP contribution in [0.15, 0.2) is 36.4 Å². The summed E-state index contributed by atoms with van der Waals surface area (Å²) in [4.78, 5) is 16.5. The van der Waals surface area contributed by atoms with Crippen molar-refractivity contribution in [1.29, 1.82) is 0 Å². The molecule has 0 saturated heterocycles. The third kappa shape index (κ3) is 3.51. The van der Waals surface area contributed by atoms with Crippen molar-refractivity contribution in [2.45, 2.75) is 20.8 Å². The maximum absolute atomic E-state index is 12.1. The van der Waals surface area contributed by atoms with E-state index in [-0.39, 0.29) is 12.5 Å². The second-order valence-electron chi connectivity index (χ2n) is 5.53. The highest BCUT2D eigenvalue weighted by molar-refractivity contribution is 7.22. The number of thiazole rings is 1. The molecule has 1 heterocycles. The highest BCUT2D eigenvalue weighted by Gasteiger charge is 2.10. The number of hydrogen-bond donors (Lipinski definition) is 1. The van der Waals surface area contributed by atoms with E-state index in [2.05, 4.69) is 16.4 Å². The molecule has 1 aromatic heterocycles. The molecule has 1 amide bonds. The Morgan fingerprint density at radius 1 is 1.22 bits per heavy atom. The van der Waals surface area contributed by atoms with E-state index in [9.17, 15) is 4.79 Å². The number of aryl methyl sites for hydroxylation is 2. The summed E-state index contributed by atoms with van der Waals surface area (Å²) in [6.07, 6.45) is 0. The van der Waals surface area contributed by atoms with E-state index in [1.807, 2.05) is 51.1 Å². The summed E-state index contributed by atoms with van der Waals surface area (Å²) in [6, 6.07) is 11.9. The number of ether oxygens (including phenoxy) is 1. The maximum atomic E-state index is 12.1. The van der Waals surface area contributed by atoms with E-state index in [4.69, 9.17) is 4.74 Å². The number of benzene rings is 2. The molecular weight excluding hydrogens is 308 g/mol. The average Bonchev–Trinajstić information content (AvgIpc) is 2.90. The summed E-state index contributed by atoms with van der Waals surface area (Å²) in [7, 11) is 0. The lowest BCUT2D eigenvalue weighted by Gasteiger charge is -2.10. The summed E-state index contributed by atoms with van der Waals surface area (Å²) >= 11 is 1.47. The van der Waals surface area contributed by atoms with Crippen LogP contribution in [-0.4, -0.2) is 17.5 Å². The minimum absolute atomic E-state index is 0.0285. The molecule has 5 heteroatoms. The van der Waals surface area contributed by atoms with Crippen molar-refractivity contribution in [3.8, 4) is 5.75 Å². The monoisotopic (exact) mass is 326 g/mol. The summed E-state index contributed by atoms with van der Waals surface area (Å²) in [5, 5.41) is 3.40. The van der Waals surface area contributed by atoms with Gasteiger partial charge >= 0.3 is 0 Å². The van der Waals surface area contributed by atoms with Crippen LogP contribution in [0.5, 0.6) is 5.75 Å². The highest BCUT2D eigenvalue weighted by Crippen LogP contribution is 2.26. The molecule has 0 bridgehead atoms. The van der Waals surface area contributed by atoms with Crippen molar-refractivity contribution < 1.29 is 9.53 Å². The van der Waals surface area contributed by atoms with Crippen LogP contribution in [0.2, 0.25) is 0 Å². The van der Waals surface area contributed by atoms with Gasteiger partial charge in [-0.05, 0) is 55.7 Å². The maximum Gasteiger partial charge on any atom is 0.264 e. The molecule has 0 fully saturated rings. The number of aromatic nitrogens is 1. The normalized spacial score (nSPS) is 10.7. The van der Waals surface area contributed by atoms with Crippen LogP contribution in [0.3, 0.4) is 0 Å². The molecule has 0 saturated carbocycles. The molecule has 3 rings (SSSR count). The minimum atomic E-state index is -0.207. The molecule has 0 aliphatic heterocycles. The average molecular weight is 326 g/mol. The lowest BCUT2D eigenvalue weighted by atomic mass is 10.1. The Labute approximate surface area is 139 Å². The molecule has 0 aliphatic rings. The van der Waals surface area contributed by atoms with Gasteiger partial charge in [-0.15, -0.1) is 0 Å². The smallest absolute Gasteiger partial charge is 0.264 e. The van der Waals surface area contributed by atoms with E-state index in [0.717, 1.165) is 27.1 Å². The molecule has 0 unspecified atom stereocenters. The van der Waals surface area contributed by atoms with E-state index in [1.165, 1.54) is 16.9 Å². The van der Waals surface area contributed by atoms with Crippen LogP contribution in [0.1, 0.15) is 16.7 Å². The topological polar surface area (TPSA) is 51.2 Å². The second kappa shape index (κ2) is 6.38. The van der Waals surface area contributed by atoms with Crippen LogP contribution in [0.4, 0.5) is 5.13 Å². The zero-order valence-electron chi connectivity index (χ0n) is 13.3. The van der Waals surface area contributed by atoms with E-state index in [0.29, 0.717) is 5.13 Å². The fourth-order valence-electron chi connectivity index (χ4n) is 2.26. The fraction of sp³-hybridized carbons (Fsp3) is 0.222. The van der Waals surface area contributed by atoms with Gasteiger partial charge in [-0.3, -0.25) is 10.1 Å².